The standard InChI is InChI=1S/C11H8Cl2N2O3S2/c12-8-3-1-7(2-4-8)11(16)14-15-20(17,18)10-6-5-9(13)19-10/h1-6,15H,(H,14,16). The van der Waals surface area contributed by atoms with Gasteiger partial charge >= 0.3 is 0 Å². The third kappa shape index (κ3) is 3.71. The number of sulfonamides is 1. The zero-order chi connectivity index (χ0) is 14.8. The van der Waals surface area contributed by atoms with Gasteiger partial charge in [-0.3, -0.25) is 10.2 Å². The number of nitrogens with one attached hydrogen (secondary N) is 2. The summed E-state index contributed by atoms with van der Waals surface area (Å²) in [6, 6.07) is 8.83. The van der Waals surface area contributed by atoms with E-state index in [4.69, 9.17) is 23.2 Å². The molecule has 0 aliphatic rings. The molecule has 0 atom stereocenters. The molecule has 0 bridgehead atoms. The molecule has 0 spiro atoms. The Morgan fingerprint density at radius 2 is 1.70 bits per heavy atom. The van der Waals surface area contributed by atoms with Gasteiger partial charge in [0, 0.05) is 10.6 Å². The SMILES string of the molecule is O=C(NNS(=O)(=O)c1ccc(Cl)s1)c1ccc(Cl)cc1. The third-order valence-corrected chi connectivity index (χ3v) is 5.44. The summed E-state index contributed by atoms with van der Waals surface area (Å²) in [5, 5.41) is 0.482. The van der Waals surface area contributed by atoms with E-state index in [2.05, 4.69) is 5.43 Å². The highest BCUT2D eigenvalue weighted by molar-refractivity contribution is 7.91. The minimum absolute atomic E-state index is 0.0129. The molecule has 0 unspecified atom stereocenters. The molecule has 2 N–H and O–H groups in total. The van der Waals surface area contributed by atoms with Crippen molar-refractivity contribution in [3.8, 4) is 0 Å². The molecule has 1 amide bonds. The fourth-order valence-electron chi connectivity index (χ4n) is 1.28. The molecule has 1 aromatic heterocycles. The van der Waals surface area contributed by atoms with Crippen LogP contribution < -0.4 is 10.3 Å². The van der Waals surface area contributed by atoms with Gasteiger partial charge in [-0.2, -0.15) is 0 Å². The van der Waals surface area contributed by atoms with Gasteiger partial charge in [0.2, 0.25) is 0 Å². The van der Waals surface area contributed by atoms with Crippen molar-refractivity contribution in [2.24, 2.45) is 0 Å². The lowest BCUT2D eigenvalue weighted by Crippen LogP contribution is -2.41. The lowest BCUT2D eigenvalue weighted by molar-refractivity contribution is 0.0945. The van der Waals surface area contributed by atoms with Crippen molar-refractivity contribution in [3.63, 3.8) is 0 Å². The second-order valence-corrected chi connectivity index (χ2v) is 7.69. The van der Waals surface area contributed by atoms with E-state index < -0.39 is 15.9 Å². The topological polar surface area (TPSA) is 75.3 Å². The van der Waals surface area contributed by atoms with Crippen molar-refractivity contribution in [1.82, 2.24) is 10.3 Å². The Labute approximate surface area is 129 Å². The number of benzene rings is 1. The van der Waals surface area contributed by atoms with Gasteiger partial charge in [-0.25, -0.2) is 8.42 Å². The van der Waals surface area contributed by atoms with Crippen LogP contribution in [0.4, 0.5) is 0 Å². The van der Waals surface area contributed by atoms with Crippen LogP contribution in [0.25, 0.3) is 0 Å². The second kappa shape index (κ2) is 6.11. The first-order chi connectivity index (χ1) is 9.38. The van der Waals surface area contributed by atoms with Crippen molar-refractivity contribution in [2.75, 3.05) is 0 Å². The molecule has 5 nitrogen and oxygen atoms in total. The molecule has 1 heterocycles. The number of carbonyl (C=O) groups excluding carboxylic acids is 1. The van der Waals surface area contributed by atoms with Crippen LogP contribution in [0.5, 0.6) is 0 Å². The van der Waals surface area contributed by atoms with E-state index in [0.717, 1.165) is 11.3 Å². The van der Waals surface area contributed by atoms with E-state index in [-0.39, 0.29) is 9.77 Å². The Morgan fingerprint density at radius 1 is 1.05 bits per heavy atom. The number of hydrogen-bond donors (Lipinski definition) is 2. The largest absolute Gasteiger partial charge is 0.273 e. The number of hydrazine groups is 1. The average Bonchev–Trinajstić information content (AvgIpc) is 2.84. The number of amides is 1. The molecule has 2 aromatic rings. The minimum Gasteiger partial charge on any atom is -0.273 e. The Balaban J connectivity index is 2.05. The van der Waals surface area contributed by atoms with Crippen molar-refractivity contribution in [3.05, 3.63) is 51.3 Å². The first-order valence-corrected chi connectivity index (χ1v) is 8.27. The van der Waals surface area contributed by atoms with Crippen LogP contribution in [0.3, 0.4) is 0 Å². The molecule has 0 aliphatic carbocycles. The zero-order valence-electron chi connectivity index (χ0n) is 9.76. The molecule has 0 saturated heterocycles. The molecule has 0 saturated carbocycles. The smallest absolute Gasteiger partial charge is 0.266 e. The molecular formula is C11H8Cl2N2O3S2. The summed E-state index contributed by atoms with van der Waals surface area (Å²) in [5.41, 5.74) is 2.39. The van der Waals surface area contributed by atoms with Gasteiger partial charge in [-0.05, 0) is 36.4 Å². The number of hydrogen-bond acceptors (Lipinski definition) is 4. The van der Waals surface area contributed by atoms with E-state index in [1.165, 1.54) is 36.4 Å². The normalized spacial score (nSPS) is 11.3. The maximum absolute atomic E-state index is 11.8. The summed E-state index contributed by atoms with van der Waals surface area (Å²) in [4.78, 5) is 13.7. The first-order valence-electron chi connectivity index (χ1n) is 5.21. The van der Waals surface area contributed by atoms with Gasteiger partial charge in [0.25, 0.3) is 15.9 Å². The van der Waals surface area contributed by atoms with E-state index in [0.29, 0.717) is 9.36 Å². The highest BCUT2D eigenvalue weighted by Gasteiger charge is 2.17. The molecule has 0 fully saturated rings. The molecule has 20 heavy (non-hydrogen) atoms. The highest BCUT2D eigenvalue weighted by Crippen LogP contribution is 2.24. The van der Waals surface area contributed by atoms with Crippen LogP contribution in [-0.2, 0) is 10.0 Å². The molecular weight excluding hydrogens is 343 g/mol. The number of thiophene rings is 1. The lowest BCUT2D eigenvalue weighted by atomic mass is 10.2. The molecule has 0 aliphatic heterocycles. The summed E-state index contributed by atoms with van der Waals surface area (Å²) in [6.07, 6.45) is 0. The van der Waals surface area contributed by atoms with Gasteiger partial charge in [0.1, 0.15) is 4.21 Å². The minimum atomic E-state index is -3.82. The van der Waals surface area contributed by atoms with Crippen LogP contribution in [0.15, 0.2) is 40.6 Å². The van der Waals surface area contributed by atoms with Crippen molar-refractivity contribution in [1.29, 1.82) is 0 Å². The summed E-state index contributed by atoms with van der Waals surface area (Å²) in [7, 11) is -3.82. The molecule has 1 aromatic carbocycles. The van der Waals surface area contributed by atoms with Gasteiger partial charge in [-0.1, -0.05) is 23.2 Å². The van der Waals surface area contributed by atoms with Crippen molar-refractivity contribution < 1.29 is 13.2 Å². The number of carbonyl (C=O) groups is 1. The molecule has 9 heteroatoms. The predicted molar refractivity (Wildman–Crippen MR) is 78.6 cm³/mol. The molecule has 0 radical (unpaired) electrons. The van der Waals surface area contributed by atoms with E-state index in [9.17, 15) is 13.2 Å². The monoisotopic (exact) mass is 350 g/mol. The van der Waals surface area contributed by atoms with Crippen LogP contribution in [-0.4, -0.2) is 14.3 Å². The van der Waals surface area contributed by atoms with Gasteiger partial charge in [-0.15, -0.1) is 16.2 Å². The lowest BCUT2D eigenvalue weighted by Gasteiger charge is -2.06. The first kappa shape index (κ1) is 15.3. The van der Waals surface area contributed by atoms with Crippen molar-refractivity contribution in [2.45, 2.75) is 4.21 Å². The van der Waals surface area contributed by atoms with Crippen LogP contribution >= 0.6 is 34.5 Å². The number of halogens is 2. The van der Waals surface area contributed by atoms with Gasteiger partial charge in [0.15, 0.2) is 0 Å². The zero-order valence-corrected chi connectivity index (χ0v) is 12.9. The Hall–Kier alpha value is -1.12. The maximum Gasteiger partial charge on any atom is 0.266 e. The van der Waals surface area contributed by atoms with Crippen LogP contribution in [0, 0.1) is 0 Å². The Morgan fingerprint density at radius 3 is 2.25 bits per heavy atom. The van der Waals surface area contributed by atoms with E-state index in [1.807, 2.05) is 4.83 Å². The van der Waals surface area contributed by atoms with Crippen molar-refractivity contribution >= 4 is 50.5 Å². The Kier molecular flexibility index (Phi) is 4.66. The van der Waals surface area contributed by atoms with Crippen LogP contribution in [0.2, 0.25) is 9.36 Å². The number of rotatable bonds is 4. The van der Waals surface area contributed by atoms with Gasteiger partial charge < -0.3 is 0 Å². The highest BCUT2D eigenvalue weighted by atomic mass is 35.5. The second-order valence-electron chi connectivity index (χ2n) is 3.63. The molecule has 2 rings (SSSR count). The maximum atomic E-state index is 11.8. The van der Waals surface area contributed by atoms with Gasteiger partial charge in [0.05, 0.1) is 4.34 Å². The third-order valence-electron chi connectivity index (χ3n) is 2.22. The predicted octanol–water partition coefficient (Wildman–Crippen LogP) is 2.68. The van der Waals surface area contributed by atoms with E-state index >= 15 is 0 Å². The summed E-state index contributed by atoms with van der Waals surface area (Å²) in [5.74, 6) is -0.590. The fraction of sp³-hybridized carbons (Fsp3) is 0. The quantitative estimate of drug-likeness (QED) is 0.832. The molecule has 106 valence electrons. The van der Waals surface area contributed by atoms with E-state index in [1.54, 1.807) is 0 Å². The summed E-state index contributed by atoms with van der Waals surface area (Å²) < 4.78 is 24.0. The summed E-state index contributed by atoms with van der Waals surface area (Å²) >= 11 is 12.3. The average molecular weight is 351 g/mol. The van der Waals surface area contributed by atoms with Crippen LogP contribution in [0.1, 0.15) is 10.4 Å². The fourth-order valence-corrected chi connectivity index (χ4v) is 3.73. The summed E-state index contributed by atoms with van der Waals surface area (Å²) in [6.45, 7) is 0. The Bertz CT molecular complexity index is 726.